The monoisotopic (exact) mass is 530 g/mol. The first-order valence-electron chi connectivity index (χ1n) is 10.6. The summed E-state index contributed by atoms with van der Waals surface area (Å²) in [5, 5.41) is 10.5. The van der Waals surface area contributed by atoms with Crippen molar-refractivity contribution >= 4 is 39.0 Å². The van der Waals surface area contributed by atoms with Gasteiger partial charge in [0.1, 0.15) is 5.75 Å². The molecule has 0 saturated heterocycles. The lowest BCUT2D eigenvalue weighted by molar-refractivity contribution is -0.150. The Morgan fingerprint density at radius 1 is 0.971 bits per heavy atom. The van der Waals surface area contributed by atoms with Crippen molar-refractivity contribution in [3.8, 4) is 28.7 Å². The first-order chi connectivity index (χ1) is 16.3. The molecule has 0 aliphatic rings. The van der Waals surface area contributed by atoms with Crippen LogP contribution in [0.1, 0.15) is 31.9 Å². The highest BCUT2D eigenvalue weighted by Gasteiger charge is 2.33. The Morgan fingerprint density at radius 2 is 1.66 bits per heavy atom. The van der Waals surface area contributed by atoms with E-state index in [9.17, 15) is 18.3 Å². The number of halogens is 2. The molecule has 1 atom stereocenters. The van der Waals surface area contributed by atoms with Crippen LogP contribution in [0.4, 0.5) is 0 Å². The Morgan fingerprint density at radius 3 is 2.26 bits per heavy atom. The fraction of sp³-hybridized carbons (Fsp3) is 0.222. The third-order valence-electron chi connectivity index (χ3n) is 5.06. The molecule has 0 amide bonds. The first kappa shape index (κ1) is 26.6. The van der Waals surface area contributed by atoms with Crippen molar-refractivity contribution in [3.05, 3.63) is 81.8 Å². The lowest BCUT2D eigenvalue weighted by Crippen LogP contribution is -2.39. The summed E-state index contributed by atoms with van der Waals surface area (Å²) in [6.07, 6.45) is 0.0210. The van der Waals surface area contributed by atoms with Gasteiger partial charge in [0.25, 0.3) is 0 Å². The van der Waals surface area contributed by atoms with E-state index in [4.69, 9.17) is 27.9 Å². The summed E-state index contributed by atoms with van der Waals surface area (Å²) in [6.45, 7) is 5.30. The SMILES string of the molecule is CC(C)(C)C(Oc1ccc(Cl)cc1C#Cc1ccc(-c2cccc(Cl)c2)c(S(C)(=O)=O)c1)C(=O)O. The second-order valence-electron chi connectivity index (χ2n) is 9.09. The van der Waals surface area contributed by atoms with Crippen LogP contribution in [-0.2, 0) is 14.6 Å². The number of hydrogen-bond acceptors (Lipinski definition) is 4. The van der Waals surface area contributed by atoms with Gasteiger partial charge in [0, 0.05) is 32.8 Å². The minimum Gasteiger partial charge on any atom is -0.478 e. The summed E-state index contributed by atoms with van der Waals surface area (Å²) in [7, 11) is -3.58. The molecule has 5 nitrogen and oxygen atoms in total. The Labute approximate surface area is 215 Å². The van der Waals surface area contributed by atoms with E-state index in [1.165, 1.54) is 6.07 Å². The van der Waals surface area contributed by atoms with Crippen LogP contribution >= 0.6 is 23.2 Å². The summed E-state index contributed by atoms with van der Waals surface area (Å²) >= 11 is 12.2. The summed E-state index contributed by atoms with van der Waals surface area (Å²) in [4.78, 5) is 11.9. The van der Waals surface area contributed by atoms with Crippen LogP contribution in [0.3, 0.4) is 0 Å². The van der Waals surface area contributed by atoms with Crippen molar-refractivity contribution in [3.63, 3.8) is 0 Å². The molecule has 0 aliphatic heterocycles. The fourth-order valence-corrected chi connectivity index (χ4v) is 4.66. The van der Waals surface area contributed by atoms with E-state index in [1.54, 1.807) is 75.4 Å². The number of carbonyl (C=O) groups is 1. The summed E-state index contributed by atoms with van der Waals surface area (Å²) in [5.74, 6) is 5.06. The highest BCUT2D eigenvalue weighted by molar-refractivity contribution is 7.90. The zero-order valence-electron chi connectivity index (χ0n) is 19.6. The molecule has 0 radical (unpaired) electrons. The lowest BCUT2D eigenvalue weighted by Gasteiger charge is -2.28. The minimum absolute atomic E-state index is 0.118. The van der Waals surface area contributed by atoms with Crippen molar-refractivity contribution in [2.45, 2.75) is 31.8 Å². The van der Waals surface area contributed by atoms with E-state index in [0.29, 0.717) is 32.3 Å². The largest absolute Gasteiger partial charge is 0.478 e. The Balaban J connectivity index is 2.06. The molecule has 8 heteroatoms. The molecule has 0 fully saturated rings. The molecule has 0 aromatic heterocycles. The van der Waals surface area contributed by atoms with Gasteiger partial charge in [-0.05, 0) is 48.0 Å². The third-order valence-corrected chi connectivity index (χ3v) is 6.66. The second kappa shape index (κ2) is 10.3. The summed E-state index contributed by atoms with van der Waals surface area (Å²) in [5.41, 5.74) is 1.35. The van der Waals surface area contributed by atoms with Gasteiger partial charge in [-0.25, -0.2) is 13.2 Å². The molecule has 0 saturated carbocycles. The molecular weight excluding hydrogens is 507 g/mol. The second-order valence-corrected chi connectivity index (χ2v) is 11.9. The Hall–Kier alpha value is -2.98. The van der Waals surface area contributed by atoms with Crippen molar-refractivity contribution in [1.82, 2.24) is 0 Å². The zero-order valence-corrected chi connectivity index (χ0v) is 21.9. The van der Waals surface area contributed by atoms with E-state index in [-0.39, 0.29) is 10.6 Å². The third kappa shape index (κ3) is 6.79. The number of sulfone groups is 1. The number of rotatable bonds is 5. The zero-order chi connectivity index (χ0) is 26.0. The molecule has 3 aromatic carbocycles. The molecule has 0 spiro atoms. The van der Waals surface area contributed by atoms with Gasteiger partial charge in [-0.3, -0.25) is 0 Å². The number of carboxylic acid groups (broad SMARTS) is 1. The van der Waals surface area contributed by atoms with Crippen LogP contribution in [0, 0.1) is 17.3 Å². The molecule has 182 valence electrons. The molecule has 3 rings (SSSR count). The molecule has 1 unspecified atom stereocenters. The van der Waals surface area contributed by atoms with Crippen molar-refractivity contribution in [2.24, 2.45) is 5.41 Å². The molecular formula is C27H24Cl2O5S. The normalized spacial score (nSPS) is 12.4. The van der Waals surface area contributed by atoms with Gasteiger partial charge in [0.15, 0.2) is 15.9 Å². The topological polar surface area (TPSA) is 80.7 Å². The molecule has 0 heterocycles. The van der Waals surface area contributed by atoms with Gasteiger partial charge in [0.2, 0.25) is 0 Å². The van der Waals surface area contributed by atoms with Gasteiger partial charge in [-0.1, -0.05) is 74.0 Å². The Kier molecular flexibility index (Phi) is 7.86. The van der Waals surface area contributed by atoms with Gasteiger partial charge in [0.05, 0.1) is 10.5 Å². The van der Waals surface area contributed by atoms with Crippen molar-refractivity contribution < 1.29 is 23.1 Å². The predicted molar refractivity (Wildman–Crippen MR) is 139 cm³/mol. The number of ether oxygens (including phenoxy) is 1. The van der Waals surface area contributed by atoms with E-state index in [0.717, 1.165) is 6.26 Å². The average molecular weight is 531 g/mol. The van der Waals surface area contributed by atoms with Crippen LogP contribution in [0.25, 0.3) is 11.1 Å². The minimum atomic E-state index is -3.58. The van der Waals surface area contributed by atoms with E-state index < -0.39 is 27.3 Å². The van der Waals surface area contributed by atoms with E-state index in [1.807, 2.05) is 0 Å². The molecule has 0 aliphatic carbocycles. The molecule has 3 aromatic rings. The standard InChI is InChI=1S/C27H24Cl2O5S/c1-27(2,3)25(26(30)31)34-23-13-11-21(29)16-19(23)10-8-17-9-12-22(24(14-17)35(4,32)33)18-6-5-7-20(28)15-18/h5-7,9,11-16,25H,1-4H3,(H,30,31). The van der Waals surface area contributed by atoms with Gasteiger partial charge >= 0.3 is 5.97 Å². The van der Waals surface area contributed by atoms with Crippen LogP contribution in [-0.4, -0.2) is 31.9 Å². The van der Waals surface area contributed by atoms with Crippen LogP contribution in [0.15, 0.2) is 65.6 Å². The smallest absolute Gasteiger partial charge is 0.345 e. The maximum atomic E-state index is 12.5. The van der Waals surface area contributed by atoms with Crippen molar-refractivity contribution in [2.75, 3.05) is 6.26 Å². The van der Waals surface area contributed by atoms with E-state index >= 15 is 0 Å². The lowest BCUT2D eigenvalue weighted by atomic mass is 9.89. The summed E-state index contributed by atoms with van der Waals surface area (Å²) < 4.78 is 30.9. The number of aliphatic carboxylic acids is 1. The van der Waals surface area contributed by atoms with E-state index in [2.05, 4.69) is 11.8 Å². The van der Waals surface area contributed by atoms with Crippen LogP contribution in [0.2, 0.25) is 10.0 Å². The first-order valence-corrected chi connectivity index (χ1v) is 13.2. The molecule has 35 heavy (non-hydrogen) atoms. The number of benzene rings is 3. The number of hydrogen-bond donors (Lipinski definition) is 1. The highest BCUT2D eigenvalue weighted by atomic mass is 35.5. The maximum absolute atomic E-state index is 12.5. The average Bonchev–Trinajstić information content (AvgIpc) is 2.75. The molecule has 1 N–H and O–H groups in total. The maximum Gasteiger partial charge on any atom is 0.345 e. The fourth-order valence-electron chi connectivity index (χ4n) is 3.37. The van der Waals surface area contributed by atoms with Gasteiger partial charge < -0.3 is 9.84 Å². The number of carboxylic acids is 1. The quantitative estimate of drug-likeness (QED) is 0.389. The summed E-state index contributed by atoms with van der Waals surface area (Å²) in [6, 6.07) is 16.6. The predicted octanol–water partition coefficient (Wildman–Crippen LogP) is 6.34. The molecule has 0 bridgehead atoms. The highest BCUT2D eigenvalue weighted by Crippen LogP contribution is 2.31. The van der Waals surface area contributed by atoms with Crippen LogP contribution in [0.5, 0.6) is 5.75 Å². The Bertz CT molecular complexity index is 1440. The van der Waals surface area contributed by atoms with Crippen molar-refractivity contribution in [1.29, 1.82) is 0 Å². The van der Waals surface area contributed by atoms with Gasteiger partial charge in [-0.15, -0.1) is 0 Å². The van der Waals surface area contributed by atoms with Gasteiger partial charge in [-0.2, -0.15) is 0 Å². The van der Waals surface area contributed by atoms with Crippen LogP contribution < -0.4 is 4.74 Å².